The lowest BCUT2D eigenvalue weighted by atomic mass is 10.1. The third-order valence-corrected chi connectivity index (χ3v) is 1.85. The van der Waals surface area contributed by atoms with Crippen LogP contribution in [0.5, 0.6) is 0 Å². The molecule has 0 aliphatic rings. The van der Waals surface area contributed by atoms with Crippen molar-refractivity contribution in [1.82, 2.24) is 0 Å². The van der Waals surface area contributed by atoms with Crippen LogP contribution in [0, 0.1) is 5.92 Å². The molecule has 0 saturated carbocycles. The van der Waals surface area contributed by atoms with E-state index in [4.69, 9.17) is 4.18 Å². The van der Waals surface area contributed by atoms with Gasteiger partial charge in [0.25, 0.3) is 0 Å². The van der Waals surface area contributed by atoms with Gasteiger partial charge in [0, 0.05) is 12.2 Å². The molecule has 0 saturated heterocycles. The van der Waals surface area contributed by atoms with Gasteiger partial charge in [-0.25, -0.2) is 0 Å². The predicted molar refractivity (Wildman–Crippen MR) is 48.6 cm³/mol. The second-order valence-electron chi connectivity index (χ2n) is 2.92. The van der Waals surface area contributed by atoms with Crippen LogP contribution in [0.3, 0.4) is 0 Å². The van der Waals surface area contributed by atoms with Gasteiger partial charge in [-0.2, -0.15) is 0 Å². The molecule has 72 valence electrons. The second-order valence-corrected chi connectivity index (χ2v) is 3.73. The summed E-state index contributed by atoms with van der Waals surface area (Å²) in [6.45, 7) is 3.55. The highest BCUT2D eigenvalue weighted by Gasteiger charge is 2.05. The van der Waals surface area contributed by atoms with Crippen molar-refractivity contribution < 1.29 is 13.4 Å². The first-order valence-electron chi connectivity index (χ1n) is 4.05. The average molecular weight is 194 g/mol. The molecule has 0 bridgehead atoms. The van der Waals surface area contributed by atoms with E-state index < -0.39 is 0 Å². The van der Waals surface area contributed by atoms with Crippen molar-refractivity contribution >= 4 is 18.0 Å². The molecule has 0 aromatic rings. The van der Waals surface area contributed by atoms with Crippen molar-refractivity contribution in [2.24, 2.45) is 5.92 Å². The van der Waals surface area contributed by atoms with Gasteiger partial charge in [0.2, 0.25) is 0 Å². The number of alkyl halides is 1. The van der Waals surface area contributed by atoms with Crippen LogP contribution >= 0.6 is 12.0 Å². The molecule has 0 radical (unpaired) electrons. The van der Waals surface area contributed by atoms with E-state index in [0.29, 0.717) is 24.5 Å². The van der Waals surface area contributed by atoms with E-state index in [1.54, 1.807) is 0 Å². The van der Waals surface area contributed by atoms with Crippen LogP contribution in [0.1, 0.15) is 26.7 Å². The Balaban J connectivity index is 3.20. The first-order chi connectivity index (χ1) is 5.66. The maximum Gasteiger partial charge on any atom is 0.318 e. The molecule has 0 aromatic heterocycles. The van der Waals surface area contributed by atoms with Gasteiger partial charge in [0.05, 0.1) is 18.7 Å². The van der Waals surface area contributed by atoms with Crippen LogP contribution in [0.4, 0.5) is 4.39 Å². The molecule has 0 aromatic carbocycles. The van der Waals surface area contributed by atoms with Gasteiger partial charge in [0.1, 0.15) is 0 Å². The lowest BCUT2D eigenvalue weighted by Crippen LogP contribution is -2.03. The van der Waals surface area contributed by atoms with Crippen molar-refractivity contribution in [3.05, 3.63) is 0 Å². The van der Waals surface area contributed by atoms with E-state index in [9.17, 15) is 9.18 Å². The minimum Gasteiger partial charge on any atom is -0.391 e. The van der Waals surface area contributed by atoms with E-state index in [1.165, 1.54) is 0 Å². The zero-order valence-electron chi connectivity index (χ0n) is 7.51. The van der Waals surface area contributed by atoms with Gasteiger partial charge in [-0.15, -0.1) is 0 Å². The minimum atomic E-state index is -0.352. The molecule has 0 aliphatic carbocycles. The molecule has 0 spiro atoms. The largest absolute Gasteiger partial charge is 0.391 e. The van der Waals surface area contributed by atoms with Crippen LogP contribution < -0.4 is 0 Å². The fourth-order valence-electron chi connectivity index (χ4n) is 0.588. The Kier molecular flexibility index (Phi) is 7.25. The maximum absolute atomic E-state index is 11.6. The summed E-state index contributed by atoms with van der Waals surface area (Å²) in [5, 5.41) is 0. The minimum absolute atomic E-state index is 0.214. The molecular weight excluding hydrogens is 179 g/mol. The Bertz CT molecular complexity index is 128. The lowest BCUT2D eigenvalue weighted by Gasteiger charge is -2.03. The highest BCUT2D eigenvalue weighted by atomic mass is 32.2. The summed E-state index contributed by atoms with van der Waals surface area (Å²) in [6.07, 6.45) is 0.877. The number of halogens is 1. The Morgan fingerprint density at radius 1 is 1.58 bits per heavy atom. The Morgan fingerprint density at radius 2 is 2.25 bits per heavy atom. The molecule has 0 rings (SSSR count). The van der Waals surface area contributed by atoms with Gasteiger partial charge in [-0.05, 0) is 12.3 Å². The molecule has 0 fully saturated rings. The molecular formula is C8H15FO2S. The van der Waals surface area contributed by atoms with E-state index >= 15 is 0 Å². The predicted octanol–water partition coefficient (Wildman–Crippen LogP) is 2.58. The van der Waals surface area contributed by atoms with Crippen molar-refractivity contribution in [3.63, 3.8) is 0 Å². The van der Waals surface area contributed by atoms with Crippen LogP contribution in [-0.4, -0.2) is 18.4 Å². The number of rotatable bonds is 6. The highest BCUT2D eigenvalue weighted by molar-refractivity contribution is 7.95. The van der Waals surface area contributed by atoms with Crippen molar-refractivity contribution in [2.45, 2.75) is 26.7 Å². The fraction of sp³-hybridized carbons (Fsp3) is 0.875. The average Bonchev–Trinajstić information content (AvgIpc) is 1.97. The first kappa shape index (κ1) is 11.8. The van der Waals surface area contributed by atoms with E-state index in [-0.39, 0.29) is 12.6 Å². The Hall–Kier alpha value is -0.250. The molecule has 0 atom stereocenters. The van der Waals surface area contributed by atoms with E-state index in [2.05, 4.69) is 0 Å². The molecule has 12 heavy (non-hydrogen) atoms. The highest BCUT2D eigenvalue weighted by Crippen LogP contribution is 2.09. The summed E-state index contributed by atoms with van der Waals surface area (Å²) < 4.78 is 16.3. The third kappa shape index (κ3) is 7.85. The molecule has 0 aliphatic heterocycles. The van der Waals surface area contributed by atoms with Crippen LogP contribution in [0.25, 0.3) is 0 Å². The van der Waals surface area contributed by atoms with Gasteiger partial charge in [0.15, 0.2) is 0 Å². The Labute approximate surface area is 77.1 Å². The van der Waals surface area contributed by atoms with Crippen LogP contribution in [0.15, 0.2) is 0 Å². The smallest absolute Gasteiger partial charge is 0.318 e. The summed E-state index contributed by atoms with van der Waals surface area (Å²) >= 11 is 1.04. The quantitative estimate of drug-likeness (QED) is 0.480. The molecule has 0 heterocycles. The van der Waals surface area contributed by atoms with Gasteiger partial charge < -0.3 is 4.18 Å². The molecule has 2 nitrogen and oxygen atoms in total. The summed E-state index contributed by atoms with van der Waals surface area (Å²) in [5.74, 6) is 0.647. The maximum atomic E-state index is 11.6. The third-order valence-electron chi connectivity index (χ3n) is 1.09. The zero-order valence-corrected chi connectivity index (χ0v) is 8.32. The molecule has 0 amide bonds. The van der Waals surface area contributed by atoms with Crippen molar-refractivity contribution in [2.75, 3.05) is 12.4 Å². The lowest BCUT2D eigenvalue weighted by molar-refractivity contribution is -0.133. The van der Waals surface area contributed by atoms with Gasteiger partial charge in [-0.1, -0.05) is 13.8 Å². The molecule has 0 unspecified atom stereocenters. The van der Waals surface area contributed by atoms with Crippen molar-refractivity contribution in [3.8, 4) is 0 Å². The van der Waals surface area contributed by atoms with Crippen LogP contribution in [0.2, 0.25) is 0 Å². The summed E-state index contributed by atoms with van der Waals surface area (Å²) in [4.78, 5) is 10.9. The number of carbonyl (C=O) groups excluding carboxylic acids is 1. The zero-order chi connectivity index (χ0) is 9.40. The van der Waals surface area contributed by atoms with Gasteiger partial charge >= 0.3 is 5.97 Å². The molecule has 4 heteroatoms. The monoisotopic (exact) mass is 194 g/mol. The Morgan fingerprint density at radius 3 is 2.75 bits per heavy atom. The number of carbonyl (C=O) groups is 1. The van der Waals surface area contributed by atoms with E-state index in [1.807, 2.05) is 13.8 Å². The topological polar surface area (TPSA) is 26.3 Å². The van der Waals surface area contributed by atoms with Crippen molar-refractivity contribution in [1.29, 1.82) is 0 Å². The van der Waals surface area contributed by atoms with Gasteiger partial charge in [-0.3, -0.25) is 9.18 Å². The standard InChI is InChI=1S/C8H15FO2S/c1-7(2)6-8(10)11-12-5-3-4-9/h7H,3-6H2,1-2H3. The number of hydrogen-bond donors (Lipinski definition) is 0. The summed E-state index contributed by atoms with van der Waals surface area (Å²) in [5.41, 5.74) is 0. The SMILES string of the molecule is CC(C)CC(=O)OSCCCF. The van der Waals surface area contributed by atoms with E-state index in [0.717, 1.165) is 12.0 Å². The summed E-state index contributed by atoms with van der Waals surface area (Å²) in [6, 6.07) is 0. The molecule has 0 N–H and O–H groups in total. The number of hydrogen-bond acceptors (Lipinski definition) is 3. The fourth-order valence-corrected chi connectivity index (χ4v) is 1.10. The van der Waals surface area contributed by atoms with Crippen LogP contribution in [-0.2, 0) is 8.98 Å². The first-order valence-corrected chi connectivity index (χ1v) is 4.96. The second kappa shape index (κ2) is 7.40. The normalized spacial score (nSPS) is 10.3. The summed E-state index contributed by atoms with van der Waals surface area (Å²) in [7, 11) is 0.